The number of para-hydroxylation sites is 1. The summed E-state index contributed by atoms with van der Waals surface area (Å²) in [4.78, 5) is 23.7. The van der Waals surface area contributed by atoms with Crippen molar-refractivity contribution in [2.45, 2.75) is 37.7 Å². The Morgan fingerprint density at radius 2 is 2.00 bits per heavy atom. The van der Waals surface area contributed by atoms with E-state index >= 15 is 0 Å². The maximum absolute atomic E-state index is 12.2. The number of nitrogens with one attached hydrogen (secondary N) is 2. The second-order valence-electron chi connectivity index (χ2n) is 6.73. The zero-order valence-electron chi connectivity index (χ0n) is 14.2. The van der Waals surface area contributed by atoms with Crippen LogP contribution in [0.3, 0.4) is 0 Å². The van der Waals surface area contributed by atoms with Gasteiger partial charge in [0.1, 0.15) is 17.4 Å². The minimum Gasteiger partial charge on any atom is -0.488 e. The Labute approximate surface area is 145 Å². The molecule has 7 nitrogen and oxygen atoms in total. The topological polar surface area (TPSA) is 85.2 Å². The molecule has 2 aliphatic rings. The minimum atomic E-state index is -0.393. The largest absolute Gasteiger partial charge is 0.488 e. The van der Waals surface area contributed by atoms with Crippen LogP contribution in [0.1, 0.15) is 37.3 Å². The smallest absolute Gasteiger partial charge is 0.235 e. The molecule has 2 amide bonds. The number of carbonyl (C=O) groups excluding carboxylic acids is 2. The average Bonchev–Trinajstić information content (AvgIpc) is 2.94. The highest BCUT2D eigenvalue weighted by Crippen LogP contribution is 2.34. The Hall–Kier alpha value is -2.41. The van der Waals surface area contributed by atoms with Gasteiger partial charge in [-0.1, -0.05) is 12.1 Å². The van der Waals surface area contributed by atoms with Crippen LogP contribution in [-0.2, 0) is 16.6 Å². The Balaban J connectivity index is 1.69. The highest BCUT2D eigenvalue weighted by atomic mass is 16.5. The normalized spacial score (nSPS) is 22.2. The third-order valence-electron chi connectivity index (χ3n) is 5.01. The van der Waals surface area contributed by atoms with E-state index in [9.17, 15) is 9.59 Å². The fourth-order valence-electron chi connectivity index (χ4n) is 3.73. The van der Waals surface area contributed by atoms with Crippen molar-refractivity contribution in [3.8, 4) is 5.75 Å². The molecule has 4 rings (SSSR count). The molecule has 2 N–H and O–H groups in total. The molecular formula is C18H22N4O3. The van der Waals surface area contributed by atoms with Gasteiger partial charge in [0, 0.05) is 18.9 Å². The Kier molecular flexibility index (Phi) is 4.17. The Bertz CT molecular complexity index is 823. The third kappa shape index (κ3) is 3.00. The standard InChI is InChI=1S/C18H22N4O3/c1-22-17-12(16(21-22)13-5-6-15(23)20-18(13)24)3-2-4-14(17)25-11-7-9-19-10-8-11/h2-4,11,13,19H,5-10H2,1H3,(H,20,23,24). The van der Waals surface area contributed by atoms with E-state index in [-0.39, 0.29) is 17.9 Å². The molecular weight excluding hydrogens is 320 g/mol. The number of aryl methyl sites for hydroxylation is 1. The van der Waals surface area contributed by atoms with Gasteiger partial charge in [-0.05, 0) is 38.4 Å². The predicted molar refractivity (Wildman–Crippen MR) is 92.4 cm³/mol. The SMILES string of the molecule is Cn1nc(C2CCC(=O)NC2=O)c2cccc(OC3CCNCC3)c21. The van der Waals surface area contributed by atoms with Gasteiger partial charge >= 0.3 is 0 Å². The van der Waals surface area contributed by atoms with Gasteiger partial charge in [-0.3, -0.25) is 19.6 Å². The number of hydrogen-bond donors (Lipinski definition) is 2. The molecule has 7 heteroatoms. The van der Waals surface area contributed by atoms with Crippen molar-refractivity contribution in [2.24, 2.45) is 7.05 Å². The Morgan fingerprint density at radius 3 is 2.76 bits per heavy atom. The van der Waals surface area contributed by atoms with Crippen LogP contribution in [0.25, 0.3) is 10.9 Å². The number of benzene rings is 1. The van der Waals surface area contributed by atoms with Gasteiger partial charge in [0.25, 0.3) is 0 Å². The minimum absolute atomic E-state index is 0.195. The number of fused-ring (bicyclic) bond motifs is 1. The second-order valence-corrected chi connectivity index (χ2v) is 6.73. The van der Waals surface area contributed by atoms with Gasteiger partial charge in [-0.25, -0.2) is 0 Å². The molecule has 2 saturated heterocycles. The van der Waals surface area contributed by atoms with Gasteiger partial charge in [0.2, 0.25) is 11.8 Å². The van der Waals surface area contributed by atoms with Crippen LogP contribution in [0.5, 0.6) is 5.75 Å². The summed E-state index contributed by atoms with van der Waals surface area (Å²) >= 11 is 0. The van der Waals surface area contributed by atoms with Crippen LogP contribution >= 0.6 is 0 Å². The average molecular weight is 342 g/mol. The van der Waals surface area contributed by atoms with E-state index in [1.54, 1.807) is 4.68 Å². The van der Waals surface area contributed by atoms with Gasteiger partial charge in [-0.15, -0.1) is 0 Å². The molecule has 2 fully saturated rings. The zero-order valence-corrected chi connectivity index (χ0v) is 14.2. The van der Waals surface area contributed by atoms with Gasteiger partial charge in [0.15, 0.2) is 0 Å². The molecule has 0 spiro atoms. The molecule has 132 valence electrons. The monoisotopic (exact) mass is 342 g/mol. The quantitative estimate of drug-likeness (QED) is 0.820. The van der Waals surface area contributed by atoms with Crippen LogP contribution in [0.4, 0.5) is 0 Å². The lowest BCUT2D eigenvalue weighted by Crippen LogP contribution is -2.39. The predicted octanol–water partition coefficient (Wildman–Crippen LogP) is 1.22. The highest BCUT2D eigenvalue weighted by Gasteiger charge is 2.32. The number of hydrogen-bond acceptors (Lipinski definition) is 5. The van der Waals surface area contributed by atoms with Crippen molar-refractivity contribution < 1.29 is 14.3 Å². The third-order valence-corrected chi connectivity index (χ3v) is 5.01. The van der Waals surface area contributed by atoms with E-state index in [1.165, 1.54) is 0 Å². The van der Waals surface area contributed by atoms with Crippen LogP contribution in [0.2, 0.25) is 0 Å². The summed E-state index contributed by atoms with van der Waals surface area (Å²) in [7, 11) is 1.87. The maximum Gasteiger partial charge on any atom is 0.235 e. The number of rotatable bonds is 3. The first-order valence-corrected chi connectivity index (χ1v) is 8.80. The van der Waals surface area contributed by atoms with Crippen molar-refractivity contribution in [3.63, 3.8) is 0 Å². The summed E-state index contributed by atoms with van der Waals surface area (Å²) < 4.78 is 8.02. The lowest BCUT2D eigenvalue weighted by atomic mass is 9.93. The summed E-state index contributed by atoms with van der Waals surface area (Å²) in [6.45, 7) is 1.93. The molecule has 0 aliphatic carbocycles. The van der Waals surface area contributed by atoms with E-state index < -0.39 is 5.92 Å². The molecule has 1 atom stereocenters. The summed E-state index contributed by atoms with van der Waals surface area (Å²) in [5, 5.41) is 11.3. The van der Waals surface area contributed by atoms with E-state index in [1.807, 2.05) is 25.2 Å². The fourth-order valence-corrected chi connectivity index (χ4v) is 3.73. The second kappa shape index (κ2) is 6.48. The molecule has 25 heavy (non-hydrogen) atoms. The van der Waals surface area contributed by atoms with Gasteiger partial charge < -0.3 is 10.1 Å². The first-order chi connectivity index (χ1) is 12.1. The summed E-state index contributed by atoms with van der Waals surface area (Å²) in [6.07, 6.45) is 3.00. The number of carbonyl (C=O) groups is 2. The number of ether oxygens (including phenoxy) is 1. The molecule has 2 aromatic rings. The number of amides is 2. The van der Waals surface area contributed by atoms with E-state index in [0.29, 0.717) is 12.8 Å². The molecule has 1 aromatic heterocycles. The first kappa shape index (κ1) is 16.1. The van der Waals surface area contributed by atoms with E-state index in [2.05, 4.69) is 15.7 Å². The van der Waals surface area contributed by atoms with Gasteiger partial charge in [-0.2, -0.15) is 5.10 Å². The molecule has 1 unspecified atom stereocenters. The van der Waals surface area contributed by atoms with Crippen molar-refractivity contribution in [3.05, 3.63) is 23.9 Å². The zero-order chi connectivity index (χ0) is 17.4. The maximum atomic E-state index is 12.2. The summed E-state index contributed by atoms with van der Waals surface area (Å²) in [5.74, 6) is -0.0641. The molecule has 2 aliphatic heterocycles. The van der Waals surface area contributed by atoms with E-state index in [0.717, 1.165) is 48.3 Å². The van der Waals surface area contributed by atoms with E-state index in [4.69, 9.17) is 4.74 Å². The molecule has 1 aromatic carbocycles. The van der Waals surface area contributed by atoms with Gasteiger partial charge in [0.05, 0.1) is 11.6 Å². The Morgan fingerprint density at radius 1 is 1.20 bits per heavy atom. The molecule has 0 bridgehead atoms. The van der Waals surface area contributed by atoms with Crippen LogP contribution in [0, 0.1) is 0 Å². The lowest BCUT2D eigenvalue weighted by molar-refractivity contribution is -0.134. The fraction of sp³-hybridized carbons (Fsp3) is 0.500. The van der Waals surface area contributed by atoms with Crippen LogP contribution in [0.15, 0.2) is 18.2 Å². The van der Waals surface area contributed by atoms with Crippen molar-refractivity contribution >= 4 is 22.7 Å². The van der Waals surface area contributed by atoms with Crippen LogP contribution in [-0.4, -0.2) is 40.8 Å². The number of imide groups is 1. The highest BCUT2D eigenvalue weighted by molar-refractivity contribution is 6.02. The number of piperidine rings is 2. The first-order valence-electron chi connectivity index (χ1n) is 8.80. The summed E-state index contributed by atoms with van der Waals surface area (Å²) in [5.41, 5.74) is 1.62. The van der Waals surface area contributed by atoms with Crippen molar-refractivity contribution in [2.75, 3.05) is 13.1 Å². The van der Waals surface area contributed by atoms with Crippen molar-refractivity contribution in [1.82, 2.24) is 20.4 Å². The number of nitrogens with zero attached hydrogens (tertiary/aromatic N) is 2. The lowest BCUT2D eigenvalue weighted by Gasteiger charge is -2.24. The molecule has 0 saturated carbocycles. The molecule has 0 radical (unpaired) electrons. The van der Waals surface area contributed by atoms with Crippen molar-refractivity contribution in [1.29, 1.82) is 0 Å². The molecule has 3 heterocycles. The summed E-state index contributed by atoms with van der Waals surface area (Å²) in [6, 6.07) is 5.87. The van der Waals surface area contributed by atoms with Crippen LogP contribution < -0.4 is 15.4 Å². The number of aromatic nitrogens is 2.